The summed E-state index contributed by atoms with van der Waals surface area (Å²) in [5, 5.41) is 0. The van der Waals surface area contributed by atoms with Gasteiger partial charge in [0.2, 0.25) is 0 Å². The van der Waals surface area contributed by atoms with Gasteiger partial charge in [0.1, 0.15) is 5.41 Å². The second kappa shape index (κ2) is 2.88. The van der Waals surface area contributed by atoms with Crippen molar-refractivity contribution >= 4 is 11.8 Å². The van der Waals surface area contributed by atoms with Gasteiger partial charge in [-0.25, -0.2) is 0 Å². The van der Waals surface area contributed by atoms with Crippen LogP contribution >= 0.6 is 11.8 Å². The Morgan fingerprint density at radius 3 is 2.85 bits per heavy atom. The van der Waals surface area contributed by atoms with Gasteiger partial charge in [-0.2, -0.15) is 0 Å². The molecule has 0 aromatic heterocycles. The van der Waals surface area contributed by atoms with E-state index in [1.54, 1.807) is 6.92 Å². The molecule has 0 aliphatic carbocycles. The highest BCUT2D eigenvalue weighted by atomic mass is 32.2. The van der Waals surface area contributed by atoms with Gasteiger partial charge in [-0.15, -0.1) is 11.8 Å². The molecule has 0 aromatic carbocycles. The fraction of sp³-hybridized carbons (Fsp3) is 1.00. The fourth-order valence-corrected chi connectivity index (χ4v) is 3.69. The van der Waals surface area contributed by atoms with Crippen LogP contribution in [-0.2, 0) is 4.74 Å². The molecule has 4 fully saturated rings. The molecule has 4 aliphatic rings. The third-order valence-corrected chi connectivity index (χ3v) is 4.44. The molecule has 0 N–H and O–H groups in total. The molecule has 13 heavy (non-hydrogen) atoms. The largest absolute Gasteiger partial charge is 0.359 e. The Balaban J connectivity index is 1.91. The molecule has 4 aliphatic heterocycles. The smallest absolute Gasteiger partial charge is 0.101 e. The monoisotopic (exact) mass is 203 g/mol. The van der Waals surface area contributed by atoms with Gasteiger partial charge >= 0.3 is 0 Å². The summed E-state index contributed by atoms with van der Waals surface area (Å²) in [5.74, 6) is 0.504. The molecule has 4 rings (SSSR count). The van der Waals surface area contributed by atoms with Gasteiger partial charge < -0.3 is 9.64 Å². The Kier molecular flexibility index (Phi) is 1.48. The normalized spacial score (nSPS) is 68.2. The molecular formula is C10H17NOS. The number of thioether (sulfide) groups is 1. The van der Waals surface area contributed by atoms with Crippen LogP contribution < -0.4 is 0 Å². The average molecular weight is 203 g/mol. The highest BCUT2D eigenvalue weighted by Gasteiger charge is 2.51. The molecule has 2 bridgehead atoms. The third kappa shape index (κ3) is 1.24. The number of fused-ring (bicyclic) bond motifs is 2. The van der Waals surface area contributed by atoms with Crippen molar-refractivity contribution in [3.63, 3.8) is 0 Å². The van der Waals surface area contributed by atoms with Crippen LogP contribution in [0.15, 0.2) is 0 Å². The van der Waals surface area contributed by atoms with Crippen molar-refractivity contribution in [2.45, 2.75) is 30.8 Å². The van der Waals surface area contributed by atoms with Gasteiger partial charge in [0.15, 0.2) is 0 Å². The van der Waals surface area contributed by atoms with E-state index in [2.05, 4.69) is 4.90 Å². The van der Waals surface area contributed by atoms with Crippen molar-refractivity contribution < 1.29 is 7.48 Å². The van der Waals surface area contributed by atoms with Gasteiger partial charge in [0.05, 0.1) is 6.97 Å². The lowest BCUT2D eigenvalue weighted by molar-refractivity contribution is -0.133. The van der Waals surface area contributed by atoms with Crippen molar-refractivity contribution in [2.24, 2.45) is 5.92 Å². The number of hydrogen-bond acceptors (Lipinski definition) is 3. The van der Waals surface area contributed by atoms with E-state index in [0.717, 1.165) is 32.5 Å². The topological polar surface area (TPSA) is 12.5 Å². The molecule has 74 valence electrons. The van der Waals surface area contributed by atoms with E-state index in [1.807, 2.05) is 0 Å². The summed E-state index contributed by atoms with van der Waals surface area (Å²) in [7, 11) is 0. The molecule has 4 saturated heterocycles. The van der Waals surface area contributed by atoms with Gasteiger partial charge in [0, 0.05) is 13.6 Å². The molecule has 3 heteroatoms. The maximum Gasteiger partial charge on any atom is 0.101 e. The van der Waals surface area contributed by atoms with Gasteiger partial charge in [-0.1, -0.05) is 0 Å². The van der Waals surface area contributed by atoms with Crippen LogP contribution in [0.2, 0.25) is 0 Å². The molecule has 0 radical (unpaired) electrons. The number of nitrogens with zero attached hydrogens (tertiary/aromatic N) is 1. The van der Waals surface area contributed by atoms with Crippen LogP contribution in [0.4, 0.5) is 0 Å². The zero-order chi connectivity index (χ0) is 10.7. The molecule has 4 heterocycles. The SMILES string of the molecule is [3H]C1SC([3H])(C)OC12CN1CCC2CC1. The van der Waals surface area contributed by atoms with Crippen molar-refractivity contribution in [1.82, 2.24) is 4.90 Å². The van der Waals surface area contributed by atoms with Crippen molar-refractivity contribution in [1.29, 1.82) is 0 Å². The average Bonchev–Trinajstić information content (AvgIpc) is 2.38. The van der Waals surface area contributed by atoms with E-state index in [0.29, 0.717) is 5.92 Å². The van der Waals surface area contributed by atoms with Crippen molar-refractivity contribution in [3.8, 4) is 0 Å². The summed E-state index contributed by atoms with van der Waals surface area (Å²) in [5.41, 5.74) is -1.55. The van der Waals surface area contributed by atoms with E-state index in [4.69, 9.17) is 7.48 Å². The summed E-state index contributed by atoms with van der Waals surface area (Å²) in [6.45, 7) is 4.95. The number of rotatable bonds is 0. The van der Waals surface area contributed by atoms with Crippen LogP contribution in [0.25, 0.3) is 0 Å². The minimum atomic E-state index is -0.912. The lowest BCUT2D eigenvalue weighted by atomic mass is 9.76. The molecule has 0 saturated carbocycles. The number of ether oxygens (including phenoxy) is 1. The summed E-state index contributed by atoms with van der Waals surface area (Å²) in [4.78, 5) is 2.39. The summed E-state index contributed by atoms with van der Waals surface area (Å²) < 4.78 is 22.1. The van der Waals surface area contributed by atoms with Crippen LogP contribution in [0.5, 0.6) is 0 Å². The summed E-state index contributed by atoms with van der Waals surface area (Å²) in [6, 6.07) is 0. The second-order valence-electron chi connectivity index (χ2n) is 4.33. The molecule has 3 unspecified atom stereocenters. The quantitative estimate of drug-likeness (QED) is 0.593. The standard InChI is InChI=1S/C10H17NOS/c1-8-12-10(7-13-8)6-11-4-2-9(10)3-5-11/h8-9H,2-7H2,1H3/i7T,8T. The van der Waals surface area contributed by atoms with E-state index in [-0.39, 0.29) is 11.3 Å². The predicted octanol–water partition coefficient (Wildman–Crippen LogP) is 1.56. The van der Waals surface area contributed by atoms with Gasteiger partial charge in [-0.05, 0) is 38.8 Å². The Labute approximate surface area is 86.8 Å². The van der Waals surface area contributed by atoms with Crippen LogP contribution in [0.3, 0.4) is 0 Å². The first-order chi connectivity index (χ1) is 7.02. The first-order valence-corrected chi connectivity index (χ1v) is 5.92. The highest BCUT2D eigenvalue weighted by Crippen LogP contribution is 2.46. The number of piperidine rings is 3. The third-order valence-electron chi connectivity index (χ3n) is 3.51. The lowest BCUT2D eigenvalue weighted by Crippen LogP contribution is -2.60. The zero-order valence-electron chi connectivity index (χ0n) is 9.95. The van der Waals surface area contributed by atoms with Crippen molar-refractivity contribution in [3.05, 3.63) is 0 Å². The maximum atomic E-state index is 8.18. The predicted molar refractivity (Wildman–Crippen MR) is 54.9 cm³/mol. The van der Waals surface area contributed by atoms with E-state index < -0.39 is 5.41 Å². The highest BCUT2D eigenvalue weighted by molar-refractivity contribution is 8.00. The van der Waals surface area contributed by atoms with E-state index >= 15 is 0 Å². The molecule has 2 nitrogen and oxygen atoms in total. The summed E-state index contributed by atoms with van der Waals surface area (Å²) in [6.07, 6.45) is 2.29. The minimum absolute atomic E-state index is 0.284. The first kappa shape index (κ1) is 6.70. The van der Waals surface area contributed by atoms with E-state index in [9.17, 15) is 0 Å². The molecule has 0 aromatic rings. The Morgan fingerprint density at radius 2 is 2.38 bits per heavy atom. The second-order valence-corrected chi connectivity index (χ2v) is 5.38. The number of hydrogen-bond donors (Lipinski definition) is 0. The van der Waals surface area contributed by atoms with Crippen LogP contribution in [0.1, 0.15) is 22.5 Å². The van der Waals surface area contributed by atoms with Crippen LogP contribution in [-0.4, -0.2) is 41.3 Å². The van der Waals surface area contributed by atoms with Gasteiger partial charge in [-0.3, -0.25) is 0 Å². The fourth-order valence-electron chi connectivity index (χ4n) is 2.81. The van der Waals surface area contributed by atoms with Crippen LogP contribution in [0, 0.1) is 5.92 Å². The zero-order valence-corrected chi connectivity index (χ0v) is 8.77. The minimum Gasteiger partial charge on any atom is -0.359 e. The molecule has 1 spiro atoms. The lowest BCUT2D eigenvalue weighted by Gasteiger charge is -2.50. The maximum absolute atomic E-state index is 8.18. The Hall–Kier alpha value is 0.270. The molecule has 3 atom stereocenters. The molecule has 0 amide bonds. The van der Waals surface area contributed by atoms with Gasteiger partial charge in [0.25, 0.3) is 0 Å². The van der Waals surface area contributed by atoms with E-state index in [1.165, 1.54) is 11.8 Å². The molecular weight excluding hydrogens is 182 g/mol. The van der Waals surface area contributed by atoms with Crippen molar-refractivity contribution in [2.75, 3.05) is 25.4 Å². The Morgan fingerprint density at radius 1 is 1.62 bits per heavy atom. The Bertz CT molecular complexity index is 281. The first-order valence-electron chi connectivity index (χ1n) is 6.12. The summed E-state index contributed by atoms with van der Waals surface area (Å²) >= 11 is 1.35.